The number of carbonyl (C=O) groups is 3. The van der Waals surface area contributed by atoms with Crippen LogP contribution in [0.1, 0.15) is 25.2 Å². The zero-order chi connectivity index (χ0) is 30.7. The fraction of sp³-hybridized carbons (Fsp3) is 0.714. The third kappa shape index (κ3) is 16.1. The van der Waals surface area contributed by atoms with E-state index in [4.69, 9.17) is 4.98 Å². The molecule has 1 aromatic rings. The van der Waals surface area contributed by atoms with E-state index < -0.39 is 17.9 Å². The molecule has 0 unspecified atom stereocenters. The first-order valence-electron chi connectivity index (χ1n) is 14.6. The minimum absolute atomic E-state index is 0.129. The minimum Gasteiger partial charge on any atom is -0.480 e. The van der Waals surface area contributed by atoms with E-state index in [9.17, 15) is 29.7 Å². The Bertz CT molecular complexity index is 929. The molecule has 0 radical (unpaired) electrons. The van der Waals surface area contributed by atoms with Crippen molar-refractivity contribution in [1.29, 1.82) is 0 Å². The first kappa shape index (κ1) is 36.3. The van der Waals surface area contributed by atoms with Crippen LogP contribution in [0, 0.1) is 0 Å². The predicted octanol–water partition coefficient (Wildman–Crippen LogP) is 1.32. The Morgan fingerprint density at radius 1 is 0.738 bits per heavy atom. The molecule has 238 valence electrons. The van der Waals surface area contributed by atoms with Gasteiger partial charge in [-0.3, -0.25) is 43.9 Å². The molecule has 1 saturated heterocycles. The average molecular weight is 629 g/mol. The normalized spacial score (nSPS) is 17.1. The summed E-state index contributed by atoms with van der Waals surface area (Å²) >= 11 is 3.84. The van der Waals surface area contributed by atoms with Crippen molar-refractivity contribution in [2.45, 2.75) is 26.9 Å². The molecule has 2 heterocycles. The number of pyridine rings is 1. The number of aromatic nitrogens is 1. The molecule has 1 aromatic heterocycles. The Kier molecular flexibility index (Phi) is 18.0. The molecule has 1 fully saturated rings. The largest absolute Gasteiger partial charge is 0.480 e. The van der Waals surface area contributed by atoms with Gasteiger partial charge in [0.1, 0.15) is 0 Å². The van der Waals surface area contributed by atoms with Gasteiger partial charge in [-0.05, 0) is 23.6 Å². The molecule has 0 spiro atoms. The second kappa shape index (κ2) is 20.9. The quantitative estimate of drug-likeness (QED) is 0.169. The van der Waals surface area contributed by atoms with Crippen molar-refractivity contribution in [1.82, 2.24) is 29.5 Å². The molecule has 2 rings (SSSR count). The monoisotopic (exact) mass is 628 g/mol. The molecule has 0 amide bonds. The fourth-order valence-electron chi connectivity index (χ4n) is 4.70. The van der Waals surface area contributed by atoms with Gasteiger partial charge in [0.25, 0.3) is 0 Å². The molecule has 0 bridgehead atoms. The predicted molar refractivity (Wildman–Crippen MR) is 168 cm³/mol. The molecule has 1 aliphatic rings. The summed E-state index contributed by atoms with van der Waals surface area (Å²) in [5, 5.41) is 28.3. The van der Waals surface area contributed by atoms with Crippen molar-refractivity contribution in [2.75, 3.05) is 102 Å². The van der Waals surface area contributed by atoms with Gasteiger partial charge in [-0.25, -0.2) is 0 Å². The maximum Gasteiger partial charge on any atom is 0.317 e. The summed E-state index contributed by atoms with van der Waals surface area (Å²) in [7, 11) is 0. The number of carboxylic acids is 3. The second-order valence-electron chi connectivity index (χ2n) is 10.3. The van der Waals surface area contributed by atoms with Crippen molar-refractivity contribution in [3.63, 3.8) is 0 Å². The molecule has 14 heteroatoms. The number of hydrogen-bond acceptors (Lipinski definition) is 11. The number of carboxylic acid groups (broad SMARTS) is 3. The van der Waals surface area contributed by atoms with E-state index in [1.165, 1.54) is 0 Å². The maximum absolute atomic E-state index is 11.6. The van der Waals surface area contributed by atoms with Gasteiger partial charge in [-0.15, -0.1) is 11.8 Å². The summed E-state index contributed by atoms with van der Waals surface area (Å²) in [6.45, 7) is 9.96. The molecular formula is C28H48N6O6S2. The minimum atomic E-state index is -0.968. The summed E-state index contributed by atoms with van der Waals surface area (Å²) in [6, 6.07) is 6.10. The van der Waals surface area contributed by atoms with Gasteiger partial charge in [-0.1, -0.05) is 19.9 Å². The topological polar surface area (TPSA) is 141 Å². The van der Waals surface area contributed by atoms with Gasteiger partial charge in [0.05, 0.1) is 31.0 Å². The highest BCUT2D eigenvalue weighted by Crippen LogP contribution is 2.12. The van der Waals surface area contributed by atoms with Crippen LogP contribution in [0.2, 0.25) is 0 Å². The molecule has 12 nitrogen and oxygen atoms in total. The highest BCUT2D eigenvalue weighted by Gasteiger charge is 2.20. The molecular weight excluding hydrogens is 580 g/mol. The molecule has 0 saturated carbocycles. The van der Waals surface area contributed by atoms with Crippen LogP contribution < -0.4 is 0 Å². The highest BCUT2D eigenvalue weighted by atomic mass is 32.2. The third-order valence-electron chi connectivity index (χ3n) is 6.88. The van der Waals surface area contributed by atoms with Gasteiger partial charge >= 0.3 is 17.9 Å². The van der Waals surface area contributed by atoms with E-state index in [1.54, 1.807) is 4.90 Å². The van der Waals surface area contributed by atoms with E-state index in [0.29, 0.717) is 58.9 Å². The Labute approximate surface area is 258 Å². The Morgan fingerprint density at radius 2 is 1.19 bits per heavy atom. The summed E-state index contributed by atoms with van der Waals surface area (Å²) in [6.07, 6.45) is 0. The Balaban J connectivity index is 2.17. The fourth-order valence-corrected chi connectivity index (χ4v) is 6.03. The van der Waals surface area contributed by atoms with Gasteiger partial charge in [0.15, 0.2) is 0 Å². The number of hydrogen-bond donors (Lipinski definition) is 3. The lowest BCUT2D eigenvalue weighted by Gasteiger charge is -2.33. The van der Waals surface area contributed by atoms with Crippen LogP contribution in [0.4, 0.5) is 0 Å². The van der Waals surface area contributed by atoms with E-state index in [0.717, 1.165) is 47.6 Å². The van der Waals surface area contributed by atoms with E-state index >= 15 is 0 Å². The lowest BCUT2D eigenvalue weighted by Crippen LogP contribution is -2.48. The molecule has 0 aromatic carbocycles. The van der Waals surface area contributed by atoms with Gasteiger partial charge in [-0.2, -0.15) is 11.8 Å². The lowest BCUT2D eigenvalue weighted by atomic mass is 10.2. The van der Waals surface area contributed by atoms with Crippen LogP contribution >= 0.6 is 23.5 Å². The van der Waals surface area contributed by atoms with Crippen LogP contribution in [0.5, 0.6) is 0 Å². The Hall–Kier alpha value is -1.94. The third-order valence-corrected chi connectivity index (χ3v) is 8.71. The van der Waals surface area contributed by atoms with Crippen molar-refractivity contribution >= 4 is 41.4 Å². The van der Waals surface area contributed by atoms with E-state index in [2.05, 4.69) is 29.7 Å². The van der Waals surface area contributed by atoms with Crippen LogP contribution in [0.25, 0.3) is 0 Å². The molecule has 0 aliphatic carbocycles. The number of nitrogens with zero attached hydrogens (tertiary/aromatic N) is 6. The summed E-state index contributed by atoms with van der Waals surface area (Å²) in [5.41, 5.74) is 1.94. The van der Waals surface area contributed by atoms with Crippen LogP contribution in [0.3, 0.4) is 0 Å². The first-order chi connectivity index (χ1) is 20.2. The van der Waals surface area contributed by atoms with Crippen molar-refractivity contribution in [3.05, 3.63) is 29.6 Å². The lowest BCUT2D eigenvalue weighted by molar-refractivity contribution is -0.140. The Morgan fingerprint density at radius 3 is 1.64 bits per heavy atom. The second-order valence-corrected chi connectivity index (χ2v) is 12.9. The zero-order valence-corrected chi connectivity index (χ0v) is 26.7. The number of thioether (sulfide) groups is 2. The van der Waals surface area contributed by atoms with Gasteiger partial charge in [0, 0.05) is 83.6 Å². The number of rotatable bonds is 17. The van der Waals surface area contributed by atoms with Crippen LogP contribution in [-0.2, 0) is 27.5 Å². The smallest absolute Gasteiger partial charge is 0.317 e. The van der Waals surface area contributed by atoms with Crippen LogP contribution in [-0.4, -0.2) is 164 Å². The number of aliphatic carboxylic acids is 3. The molecule has 42 heavy (non-hydrogen) atoms. The maximum atomic E-state index is 11.6. The zero-order valence-electron chi connectivity index (χ0n) is 25.0. The van der Waals surface area contributed by atoms with E-state index in [-0.39, 0.29) is 19.6 Å². The van der Waals surface area contributed by atoms with Gasteiger partial charge in [0.2, 0.25) is 0 Å². The SMILES string of the molecule is CCSCCN(CSCC)Cc1cccc(CN2CCN(CC(=O)O)CCN(CC(=O)O)CCN(CC(=O)O)CC2)n1. The summed E-state index contributed by atoms with van der Waals surface area (Å²) in [4.78, 5) is 49.5. The van der Waals surface area contributed by atoms with E-state index in [1.807, 2.05) is 45.5 Å². The van der Waals surface area contributed by atoms with Crippen molar-refractivity contribution < 1.29 is 29.7 Å². The van der Waals surface area contributed by atoms with Crippen molar-refractivity contribution in [2.24, 2.45) is 0 Å². The summed E-state index contributed by atoms with van der Waals surface area (Å²) < 4.78 is 0. The average Bonchev–Trinajstić information content (AvgIpc) is 2.92. The molecule has 1 aliphatic heterocycles. The van der Waals surface area contributed by atoms with Gasteiger partial charge < -0.3 is 15.3 Å². The summed E-state index contributed by atoms with van der Waals surface area (Å²) in [5.74, 6) is 1.39. The first-order valence-corrected chi connectivity index (χ1v) is 16.9. The van der Waals surface area contributed by atoms with Crippen LogP contribution in [0.15, 0.2) is 18.2 Å². The molecule has 3 N–H and O–H groups in total. The highest BCUT2D eigenvalue weighted by molar-refractivity contribution is 7.99. The molecule has 0 atom stereocenters. The standard InChI is InChI=1S/C28H48N6O6S2/c1-3-41-17-16-34(23-42-4-2)19-25-7-5-6-24(29-25)18-30-8-10-31(20-26(35)36)12-14-33(22-28(39)40)15-13-32(11-9-30)21-27(37)38/h5-7H,3-4,8-23H2,1-2H3,(H,35,36)(H,37,38)(H,39,40). The van der Waals surface area contributed by atoms with Crippen molar-refractivity contribution in [3.8, 4) is 0 Å².